The maximum absolute atomic E-state index is 9.61. The molecule has 0 amide bonds. The Morgan fingerprint density at radius 1 is 1.14 bits per heavy atom. The van der Waals surface area contributed by atoms with E-state index >= 15 is 0 Å². The van der Waals surface area contributed by atoms with Crippen LogP contribution in [0.5, 0.6) is 5.75 Å². The number of para-hydroxylation sites is 1. The van der Waals surface area contributed by atoms with E-state index in [4.69, 9.17) is 12.2 Å². The van der Waals surface area contributed by atoms with E-state index in [-0.39, 0.29) is 5.75 Å². The van der Waals surface area contributed by atoms with E-state index in [1.54, 1.807) is 18.2 Å². The molecule has 0 aliphatic carbocycles. The predicted octanol–water partition coefficient (Wildman–Crippen LogP) is 3.84. The summed E-state index contributed by atoms with van der Waals surface area (Å²) in [5.74, 6) is 0.679. The molecule has 0 saturated heterocycles. The van der Waals surface area contributed by atoms with Crippen molar-refractivity contribution in [1.82, 2.24) is 5.43 Å². The fraction of sp³-hybridized carbons (Fsp3) is 0.176. The Hall–Kier alpha value is -2.40. The van der Waals surface area contributed by atoms with Crippen LogP contribution in [0.2, 0.25) is 0 Å². The Morgan fingerprint density at radius 2 is 1.82 bits per heavy atom. The standard InChI is InChI=1S/C17H19N3OS/c1-12(2)13-7-9-15(10-8-13)19-17(22)20-18-11-14-5-3-4-6-16(14)21/h3-12,21H,1-2H3,(H2,19,20,22)/b18-11+. The number of nitrogens with one attached hydrogen (secondary N) is 2. The maximum Gasteiger partial charge on any atom is 0.191 e. The molecule has 0 saturated carbocycles. The predicted molar refractivity (Wildman–Crippen MR) is 95.6 cm³/mol. The van der Waals surface area contributed by atoms with Crippen LogP contribution >= 0.6 is 12.2 Å². The molecule has 3 N–H and O–H groups in total. The minimum Gasteiger partial charge on any atom is -0.507 e. The third-order valence-electron chi connectivity index (χ3n) is 3.14. The number of anilines is 1. The third-order valence-corrected chi connectivity index (χ3v) is 3.34. The van der Waals surface area contributed by atoms with Gasteiger partial charge >= 0.3 is 0 Å². The van der Waals surface area contributed by atoms with Crippen molar-refractivity contribution in [1.29, 1.82) is 0 Å². The van der Waals surface area contributed by atoms with Crippen molar-refractivity contribution < 1.29 is 5.11 Å². The molecular formula is C17H19N3OS. The summed E-state index contributed by atoms with van der Waals surface area (Å²) in [7, 11) is 0. The molecule has 5 heteroatoms. The van der Waals surface area contributed by atoms with Crippen LogP contribution in [0.15, 0.2) is 53.6 Å². The molecule has 0 heterocycles. The second kappa shape index (κ2) is 7.56. The number of phenolic OH excluding ortho intramolecular Hbond substituents is 1. The molecule has 0 aliphatic rings. The monoisotopic (exact) mass is 313 g/mol. The number of hydrazone groups is 1. The van der Waals surface area contributed by atoms with E-state index in [1.165, 1.54) is 11.8 Å². The number of hydrogen-bond donors (Lipinski definition) is 3. The maximum atomic E-state index is 9.61. The first kappa shape index (κ1) is 16.0. The summed E-state index contributed by atoms with van der Waals surface area (Å²) >= 11 is 5.17. The van der Waals surface area contributed by atoms with Gasteiger partial charge in [-0.15, -0.1) is 0 Å². The van der Waals surface area contributed by atoms with Crippen LogP contribution in [-0.4, -0.2) is 16.4 Å². The van der Waals surface area contributed by atoms with Crippen LogP contribution in [0.25, 0.3) is 0 Å². The SMILES string of the molecule is CC(C)c1ccc(NC(=S)N/N=C/c2ccccc2O)cc1. The van der Waals surface area contributed by atoms with Gasteiger partial charge in [-0.2, -0.15) is 5.10 Å². The number of hydrogen-bond acceptors (Lipinski definition) is 3. The van der Waals surface area contributed by atoms with Gasteiger partial charge in [0.2, 0.25) is 0 Å². The van der Waals surface area contributed by atoms with E-state index in [0.29, 0.717) is 16.6 Å². The fourth-order valence-corrected chi connectivity index (χ4v) is 2.04. The van der Waals surface area contributed by atoms with Gasteiger partial charge in [-0.05, 0) is 48.0 Å². The summed E-state index contributed by atoms with van der Waals surface area (Å²) in [6.45, 7) is 4.31. The normalized spacial score (nSPS) is 10.9. The highest BCUT2D eigenvalue weighted by Crippen LogP contribution is 2.17. The van der Waals surface area contributed by atoms with Gasteiger partial charge < -0.3 is 10.4 Å². The average molecular weight is 313 g/mol. The zero-order valence-corrected chi connectivity index (χ0v) is 13.4. The molecule has 0 radical (unpaired) electrons. The van der Waals surface area contributed by atoms with Gasteiger partial charge in [-0.25, -0.2) is 0 Å². The average Bonchev–Trinajstić information content (AvgIpc) is 2.50. The molecule has 22 heavy (non-hydrogen) atoms. The van der Waals surface area contributed by atoms with Crippen LogP contribution in [-0.2, 0) is 0 Å². The molecule has 2 aromatic carbocycles. The first-order valence-electron chi connectivity index (χ1n) is 7.04. The zero-order chi connectivity index (χ0) is 15.9. The third kappa shape index (κ3) is 4.56. The summed E-state index contributed by atoms with van der Waals surface area (Å²) in [5.41, 5.74) is 5.53. The van der Waals surface area contributed by atoms with Crippen molar-refractivity contribution >= 4 is 29.2 Å². The van der Waals surface area contributed by atoms with Crippen molar-refractivity contribution in [2.75, 3.05) is 5.32 Å². The van der Waals surface area contributed by atoms with Crippen LogP contribution in [0, 0.1) is 0 Å². The Kier molecular flexibility index (Phi) is 5.49. The Morgan fingerprint density at radius 3 is 2.45 bits per heavy atom. The second-order valence-electron chi connectivity index (χ2n) is 5.16. The van der Waals surface area contributed by atoms with E-state index in [0.717, 1.165) is 5.69 Å². The van der Waals surface area contributed by atoms with Crippen molar-refractivity contribution in [3.05, 3.63) is 59.7 Å². The van der Waals surface area contributed by atoms with Crippen molar-refractivity contribution in [3.63, 3.8) is 0 Å². The van der Waals surface area contributed by atoms with E-state index in [1.807, 2.05) is 18.2 Å². The molecule has 0 spiro atoms. The minimum atomic E-state index is 0.177. The van der Waals surface area contributed by atoms with Gasteiger partial charge in [0.05, 0.1) is 6.21 Å². The highest BCUT2D eigenvalue weighted by atomic mass is 32.1. The number of benzene rings is 2. The van der Waals surface area contributed by atoms with Gasteiger partial charge in [0.1, 0.15) is 5.75 Å². The number of rotatable bonds is 4. The van der Waals surface area contributed by atoms with Gasteiger partial charge in [0, 0.05) is 11.3 Å². The largest absolute Gasteiger partial charge is 0.507 e. The Labute approximate surface area is 135 Å². The van der Waals surface area contributed by atoms with Crippen LogP contribution < -0.4 is 10.7 Å². The molecule has 0 aliphatic heterocycles. The molecule has 0 fully saturated rings. The van der Waals surface area contributed by atoms with Gasteiger partial charge in [0.15, 0.2) is 5.11 Å². The van der Waals surface area contributed by atoms with Gasteiger partial charge in [-0.1, -0.05) is 38.1 Å². The minimum absolute atomic E-state index is 0.177. The van der Waals surface area contributed by atoms with Crippen LogP contribution in [0.3, 0.4) is 0 Å². The number of nitrogens with zero attached hydrogens (tertiary/aromatic N) is 1. The quantitative estimate of drug-likeness (QED) is 0.456. The van der Waals surface area contributed by atoms with Gasteiger partial charge in [-0.3, -0.25) is 5.43 Å². The van der Waals surface area contributed by atoms with E-state index < -0.39 is 0 Å². The molecular weight excluding hydrogens is 294 g/mol. The first-order chi connectivity index (χ1) is 10.6. The fourth-order valence-electron chi connectivity index (χ4n) is 1.87. The molecule has 0 bridgehead atoms. The molecule has 0 aromatic heterocycles. The number of phenols is 1. The Bertz CT molecular complexity index is 666. The van der Waals surface area contributed by atoms with Crippen molar-refractivity contribution in [2.24, 2.45) is 5.10 Å². The molecule has 2 aromatic rings. The highest BCUT2D eigenvalue weighted by Gasteiger charge is 2.00. The highest BCUT2D eigenvalue weighted by molar-refractivity contribution is 7.80. The zero-order valence-electron chi connectivity index (χ0n) is 12.6. The molecule has 114 valence electrons. The van der Waals surface area contributed by atoms with Crippen molar-refractivity contribution in [2.45, 2.75) is 19.8 Å². The Balaban J connectivity index is 1.89. The lowest BCUT2D eigenvalue weighted by Crippen LogP contribution is -2.23. The lowest BCUT2D eigenvalue weighted by Gasteiger charge is -2.09. The number of thiocarbonyl (C=S) groups is 1. The summed E-state index contributed by atoms with van der Waals surface area (Å²) in [6, 6.07) is 15.1. The lowest BCUT2D eigenvalue weighted by molar-refractivity contribution is 0.474. The van der Waals surface area contributed by atoms with E-state index in [9.17, 15) is 5.11 Å². The van der Waals surface area contributed by atoms with Crippen LogP contribution in [0.1, 0.15) is 30.9 Å². The second-order valence-corrected chi connectivity index (χ2v) is 5.57. The van der Waals surface area contributed by atoms with E-state index in [2.05, 4.69) is 41.8 Å². The van der Waals surface area contributed by atoms with Crippen LogP contribution in [0.4, 0.5) is 5.69 Å². The number of aromatic hydroxyl groups is 1. The van der Waals surface area contributed by atoms with Gasteiger partial charge in [0.25, 0.3) is 0 Å². The molecule has 0 atom stereocenters. The molecule has 4 nitrogen and oxygen atoms in total. The summed E-state index contributed by atoms with van der Waals surface area (Å²) in [6.07, 6.45) is 1.52. The first-order valence-corrected chi connectivity index (χ1v) is 7.45. The lowest BCUT2D eigenvalue weighted by atomic mass is 10.0. The molecule has 0 unspecified atom stereocenters. The summed E-state index contributed by atoms with van der Waals surface area (Å²) in [5, 5.41) is 17.1. The topological polar surface area (TPSA) is 56.7 Å². The summed E-state index contributed by atoms with van der Waals surface area (Å²) in [4.78, 5) is 0. The molecule has 2 rings (SSSR count). The summed E-state index contributed by atoms with van der Waals surface area (Å²) < 4.78 is 0. The van der Waals surface area contributed by atoms with Crippen molar-refractivity contribution in [3.8, 4) is 5.75 Å². The smallest absolute Gasteiger partial charge is 0.191 e.